The number of benzene rings is 3. The van der Waals surface area contributed by atoms with Crippen LogP contribution >= 0.6 is 0 Å². The Morgan fingerprint density at radius 1 is 0.972 bits per heavy atom. The SMILES string of the molecule is CC(=O)N1CCc2cc(S(=O)(=O)N[C@@H](Cc3ccccc3)C(=O)NCCc3cccc(C)c3)ccc21. The monoisotopic (exact) mass is 505 g/mol. The van der Waals surface area contributed by atoms with Crippen LogP contribution in [0.3, 0.4) is 0 Å². The van der Waals surface area contributed by atoms with E-state index in [9.17, 15) is 18.0 Å². The highest BCUT2D eigenvalue weighted by Gasteiger charge is 2.28. The summed E-state index contributed by atoms with van der Waals surface area (Å²) in [5, 5.41) is 2.89. The number of anilines is 1. The molecule has 0 saturated carbocycles. The summed E-state index contributed by atoms with van der Waals surface area (Å²) in [5.74, 6) is -0.452. The van der Waals surface area contributed by atoms with Gasteiger partial charge in [-0.15, -0.1) is 0 Å². The summed E-state index contributed by atoms with van der Waals surface area (Å²) in [5.41, 5.74) is 4.64. The summed E-state index contributed by atoms with van der Waals surface area (Å²) in [7, 11) is -3.98. The number of hydrogen-bond donors (Lipinski definition) is 2. The van der Waals surface area contributed by atoms with E-state index in [0.717, 1.165) is 27.9 Å². The van der Waals surface area contributed by atoms with Crippen LogP contribution in [0.5, 0.6) is 0 Å². The molecule has 4 rings (SSSR count). The molecule has 0 fully saturated rings. The van der Waals surface area contributed by atoms with Crippen molar-refractivity contribution in [1.82, 2.24) is 10.0 Å². The normalized spacial score (nSPS) is 13.8. The van der Waals surface area contributed by atoms with Crippen molar-refractivity contribution in [2.45, 2.75) is 44.0 Å². The number of carbonyl (C=O) groups is 2. The van der Waals surface area contributed by atoms with E-state index in [2.05, 4.69) is 16.1 Å². The number of amides is 2. The Morgan fingerprint density at radius 2 is 1.72 bits per heavy atom. The van der Waals surface area contributed by atoms with Gasteiger partial charge in [-0.3, -0.25) is 9.59 Å². The van der Waals surface area contributed by atoms with Crippen molar-refractivity contribution < 1.29 is 18.0 Å². The second kappa shape index (κ2) is 11.1. The fourth-order valence-corrected chi connectivity index (χ4v) is 5.73. The van der Waals surface area contributed by atoms with Gasteiger partial charge in [0.1, 0.15) is 6.04 Å². The van der Waals surface area contributed by atoms with E-state index in [4.69, 9.17) is 0 Å². The minimum absolute atomic E-state index is 0.0762. The molecule has 0 radical (unpaired) electrons. The van der Waals surface area contributed by atoms with Gasteiger partial charge in [-0.05, 0) is 61.1 Å². The maximum atomic E-state index is 13.3. The first-order chi connectivity index (χ1) is 17.2. The van der Waals surface area contributed by atoms with Gasteiger partial charge in [-0.25, -0.2) is 8.42 Å². The van der Waals surface area contributed by atoms with Crippen LogP contribution in [-0.4, -0.2) is 39.4 Å². The van der Waals surface area contributed by atoms with Crippen molar-refractivity contribution >= 4 is 27.5 Å². The topological polar surface area (TPSA) is 95.6 Å². The minimum atomic E-state index is -3.98. The van der Waals surface area contributed by atoms with E-state index >= 15 is 0 Å². The summed E-state index contributed by atoms with van der Waals surface area (Å²) < 4.78 is 29.2. The average Bonchev–Trinajstić information content (AvgIpc) is 3.28. The van der Waals surface area contributed by atoms with Crippen LogP contribution < -0.4 is 14.9 Å². The summed E-state index contributed by atoms with van der Waals surface area (Å²) in [6.07, 6.45) is 1.46. The molecule has 0 spiro atoms. The third kappa shape index (κ3) is 6.19. The first-order valence-electron chi connectivity index (χ1n) is 12.0. The van der Waals surface area contributed by atoms with E-state index in [1.54, 1.807) is 17.0 Å². The van der Waals surface area contributed by atoms with Gasteiger partial charge in [0.15, 0.2) is 0 Å². The molecule has 0 unspecified atom stereocenters. The van der Waals surface area contributed by atoms with Crippen molar-refractivity contribution in [2.75, 3.05) is 18.0 Å². The van der Waals surface area contributed by atoms with Crippen LogP contribution in [0.15, 0.2) is 77.7 Å². The number of rotatable bonds is 9. The van der Waals surface area contributed by atoms with E-state index in [1.807, 2.05) is 55.5 Å². The molecule has 1 heterocycles. The van der Waals surface area contributed by atoms with E-state index in [0.29, 0.717) is 25.9 Å². The zero-order valence-corrected chi connectivity index (χ0v) is 21.3. The van der Waals surface area contributed by atoms with Crippen LogP contribution in [0.1, 0.15) is 29.2 Å². The number of hydrogen-bond acceptors (Lipinski definition) is 4. The second-order valence-electron chi connectivity index (χ2n) is 9.10. The molecule has 1 atom stereocenters. The summed E-state index contributed by atoms with van der Waals surface area (Å²) in [4.78, 5) is 26.7. The lowest BCUT2D eigenvalue weighted by atomic mass is 10.1. The molecule has 7 nitrogen and oxygen atoms in total. The number of aryl methyl sites for hydroxylation is 1. The Labute approximate surface area is 212 Å². The van der Waals surface area contributed by atoms with E-state index in [1.165, 1.54) is 13.0 Å². The van der Waals surface area contributed by atoms with Crippen molar-refractivity contribution in [3.8, 4) is 0 Å². The second-order valence-corrected chi connectivity index (χ2v) is 10.8. The van der Waals surface area contributed by atoms with Crippen molar-refractivity contribution in [3.63, 3.8) is 0 Å². The Bertz CT molecular complexity index is 1360. The van der Waals surface area contributed by atoms with Gasteiger partial charge in [-0.1, -0.05) is 60.2 Å². The van der Waals surface area contributed by atoms with Crippen molar-refractivity contribution in [2.24, 2.45) is 0 Å². The summed E-state index contributed by atoms with van der Waals surface area (Å²) in [6, 6.07) is 21.2. The largest absolute Gasteiger partial charge is 0.354 e. The Hall–Kier alpha value is -3.49. The summed E-state index contributed by atoms with van der Waals surface area (Å²) in [6.45, 7) is 4.44. The highest BCUT2D eigenvalue weighted by Crippen LogP contribution is 2.30. The fraction of sp³-hybridized carbons (Fsp3) is 0.286. The summed E-state index contributed by atoms with van der Waals surface area (Å²) >= 11 is 0. The van der Waals surface area contributed by atoms with Gasteiger partial charge in [0.2, 0.25) is 21.8 Å². The lowest BCUT2D eigenvalue weighted by Gasteiger charge is -2.20. The molecular weight excluding hydrogens is 474 g/mol. The molecule has 0 aliphatic carbocycles. The first-order valence-corrected chi connectivity index (χ1v) is 13.5. The number of sulfonamides is 1. The standard InChI is InChI=1S/C28H31N3O4S/c1-20-7-6-10-23(17-20)13-15-29-28(33)26(18-22-8-4-3-5-9-22)30-36(34,35)25-11-12-27-24(19-25)14-16-31(27)21(2)32/h3-12,17,19,26,30H,13-16,18H2,1-2H3,(H,29,33)/t26-/m0/s1. The zero-order chi connectivity index (χ0) is 25.7. The molecule has 8 heteroatoms. The van der Waals surface area contributed by atoms with Gasteiger partial charge in [0.25, 0.3) is 0 Å². The highest BCUT2D eigenvalue weighted by atomic mass is 32.2. The smallest absolute Gasteiger partial charge is 0.241 e. The Kier molecular flexibility index (Phi) is 7.86. The Morgan fingerprint density at radius 3 is 2.44 bits per heavy atom. The molecule has 1 aliphatic heterocycles. The van der Waals surface area contributed by atoms with Gasteiger partial charge >= 0.3 is 0 Å². The quantitative estimate of drug-likeness (QED) is 0.467. The number of carbonyl (C=O) groups excluding carboxylic acids is 2. The predicted molar refractivity (Wildman–Crippen MR) is 140 cm³/mol. The lowest BCUT2D eigenvalue weighted by molar-refractivity contribution is -0.122. The Balaban J connectivity index is 1.50. The molecule has 1 aliphatic rings. The van der Waals surface area contributed by atoms with Crippen LogP contribution in [0.2, 0.25) is 0 Å². The van der Waals surface area contributed by atoms with Gasteiger partial charge in [-0.2, -0.15) is 4.72 Å². The molecule has 2 N–H and O–H groups in total. The van der Waals surface area contributed by atoms with Gasteiger partial charge in [0, 0.05) is 25.7 Å². The molecule has 36 heavy (non-hydrogen) atoms. The molecule has 0 saturated heterocycles. The maximum Gasteiger partial charge on any atom is 0.241 e. The van der Waals surface area contributed by atoms with Gasteiger partial charge < -0.3 is 10.2 Å². The number of nitrogens with zero attached hydrogens (tertiary/aromatic N) is 1. The van der Waals surface area contributed by atoms with Gasteiger partial charge in [0.05, 0.1) is 4.90 Å². The number of fused-ring (bicyclic) bond motifs is 1. The molecular formula is C28H31N3O4S. The third-order valence-corrected chi connectivity index (χ3v) is 7.80. The average molecular weight is 506 g/mol. The van der Waals surface area contributed by atoms with Crippen molar-refractivity contribution in [1.29, 1.82) is 0 Å². The van der Waals surface area contributed by atoms with Crippen LogP contribution in [-0.2, 0) is 38.9 Å². The van der Waals surface area contributed by atoms with E-state index in [-0.39, 0.29) is 23.1 Å². The van der Waals surface area contributed by atoms with Crippen LogP contribution in [0, 0.1) is 6.92 Å². The zero-order valence-electron chi connectivity index (χ0n) is 20.5. The molecule has 3 aromatic rings. The first kappa shape index (κ1) is 25.6. The third-order valence-electron chi connectivity index (χ3n) is 6.33. The molecule has 3 aromatic carbocycles. The molecule has 188 valence electrons. The molecule has 0 bridgehead atoms. The fourth-order valence-electron chi connectivity index (χ4n) is 4.49. The molecule has 2 amide bonds. The predicted octanol–water partition coefficient (Wildman–Crippen LogP) is 3.15. The molecule has 0 aromatic heterocycles. The minimum Gasteiger partial charge on any atom is -0.354 e. The lowest BCUT2D eigenvalue weighted by Crippen LogP contribution is -2.48. The number of nitrogens with one attached hydrogen (secondary N) is 2. The van der Waals surface area contributed by atoms with E-state index < -0.39 is 16.1 Å². The maximum absolute atomic E-state index is 13.3. The van der Waals surface area contributed by atoms with Crippen LogP contribution in [0.4, 0.5) is 5.69 Å². The van der Waals surface area contributed by atoms with Crippen LogP contribution in [0.25, 0.3) is 0 Å². The van der Waals surface area contributed by atoms with Crippen molar-refractivity contribution in [3.05, 3.63) is 95.1 Å². The highest BCUT2D eigenvalue weighted by molar-refractivity contribution is 7.89.